The molecule has 6 nitrogen and oxygen atoms in total. The summed E-state index contributed by atoms with van der Waals surface area (Å²) in [5.74, 6) is 1.19. The predicted molar refractivity (Wildman–Crippen MR) is 106 cm³/mol. The first-order valence-corrected chi connectivity index (χ1v) is 10.3. The van der Waals surface area contributed by atoms with Crippen LogP contribution in [-0.2, 0) is 16.6 Å². The van der Waals surface area contributed by atoms with Crippen LogP contribution >= 0.6 is 0 Å². The zero-order valence-corrected chi connectivity index (χ0v) is 16.0. The van der Waals surface area contributed by atoms with E-state index in [2.05, 4.69) is 27.1 Å². The van der Waals surface area contributed by atoms with Gasteiger partial charge < -0.3 is 15.1 Å². The maximum absolute atomic E-state index is 12.4. The second-order valence-corrected chi connectivity index (χ2v) is 8.00. The lowest BCUT2D eigenvalue weighted by atomic mass is 10.1. The molecule has 2 aromatic rings. The molecule has 1 aliphatic heterocycles. The highest BCUT2D eigenvalue weighted by molar-refractivity contribution is 7.83. The Balaban J connectivity index is 1.63. The number of piperazine rings is 1. The normalized spacial score (nSPS) is 16.3. The molecule has 1 N–H and O–H groups in total. The van der Waals surface area contributed by atoms with Gasteiger partial charge >= 0.3 is 0 Å². The number of rotatable bonds is 5. The van der Waals surface area contributed by atoms with Crippen LogP contribution in [0.2, 0.25) is 0 Å². The number of benzene rings is 1. The lowest BCUT2D eigenvalue weighted by molar-refractivity contribution is 0.102. The van der Waals surface area contributed by atoms with Gasteiger partial charge in [0.25, 0.3) is 5.91 Å². The van der Waals surface area contributed by atoms with Gasteiger partial charge in [0.2, 0.25) is 0 Å². The monoisotopic (exact) mass is 372 g/mol. The molecule has 0 bridgehead atoms. The van der Waals surface area contributed by atoms with Crippen LogP contribution < -0.4 is 10.2 Å². The molecule has 1 unspecified atom stereocenters. The van der Waals surface area contributed by atoms with E-state index in [4.69, 9.17) is 0 Å². The number of nitrogens with one attached hydrogen (secondary N) is 1. The van der Waals surface area contributed by atoms with Crippen LogP contribution in [0.15, 0.2) is 42.6 Å². The molecular weight excluding hydrogens is 348 g/mol. The first-order chi connectivity index (χ1) is 12.5. The van der Waals surface area contributed by atoms with E-state index in [-0.39, 0.29) is 5.91 Å². The van der Waals surface area contributed by atoms with Gasteiger partial charge in [0, 0.05) is 54.6 Å². The molecule has 26 heavy (non-hydrogen) atoms. The fourth-order valence-corrected chi connectivity index (χ4v) is 3.57. The smallest absolute Gasteiger partial charge is 0.255 e. The molecule has 1 aromatic heterocycles. The van der Waals surface area contributed by atoms with Gasteiger partial charge in [0.15, 0.2) is 0 Å². The summed E-state index contributed by atoms with van der Waals surface area (Å²) < 4.78 is 11.4. The largest absolute Gasteiger partial charge is 0.354 e. The molecule has 1 aliphatic rings. The van der Waals surface area contributed by atoms with Crippen molar-refractivity contribution in [2.45, 2.75) is 5.75 Å². The second kappa shape index (κ2) is 8.42. The summed E-state index contributed by atoms with van der Waals surface area (Å²) in [6, 6.07) is 11.0. The highest BCUT2D eigenvalue weighted by Crippen LogP contribution is 2.17. The van der Waals surface area contributed by atoms with Crippen molar-refractivity contribution in [3.05, 3.63) is 53.7 Å². The number of carbonyl (C=O) groups excluding carboxylic acids is 1. The van der Waals surface area contributed by atoms with Crippen LogP contribution in [-0.4, -0.2) is 59.5 Å². The Kier molecular flexibility index (Phi) is 6.00. The Labute approximate surface area is 156 Å². The third kappa shape index (κ3) is 4.89. The van der Waals surface area contributed by atoms with Gasteiger partial charge in [0.1, 0.15) is 5.82 Å². The van der Waals surface area contributed by atoms with Gasteiger partial charge in [-0.15, -0.1) is 0 Å². The molecule has 3 rings (SSSR count). The molecule has 1 amide bonds. The fourth-order valence-electron chi connectivity index (χ4n) is 2.92. The Morgan fingerprint density at radius 3 is 2.62 bits per heavy atom. The summed E-state index contributed by atoms with van der Waals surface area (Å²) in [4.78, 5) is 21.5. The Morgan fingerprint density at radius 2 is 1.96 bits per heavy atom. The van der Waals surface area contributed by atoms with Crippen molar-refractivity contribution in [2.24, 2.45) is 0 Å². The fraction of sp³-hybridized carbons (Fsp3) is 0.368. The first-order valence-electron chi connectivity index (χ1n) is 8.61. The molecule has 1 saturated heterocycles. The van der Waals surface area contributed by atoms with Crippen molar-refractivity contribution in [1.29, 1.82) is 0 Å². The molecule has 1 fully saturated rings. The number of hydrogen-bond acceptors (Lipinski definition) is 5. The van der Waals surface area contributed by atoms with Crippen LogP contribution in [0, 0.1) is 0 Å². The average molecular weight is 372 g/mol. The van der Waals surface area contributed by atoms with E-state index in [9.17, 15) is 9.00 Å². The van der Waals surface area contributed by atoms with Gasteiger partial charge in [-0.2, -0.15) is 0 Å². The zero-order valence-electron chi connectivity index (χ0n) is 15.1. The summed E-state index contributed by atoms with van der Waals surface area (Å²) in [5, 5.41) is 2.87. The third-order valence-electron chi connectivity index (χ3n) is 4.39. The summed E-state index contributed by atoms with van der Waals surface area (Å²) in [7, 11) is 1.19. The van der Waals surface area contributed by atoms with Crippen LogP contribution in [0.3, 0.4) is 0 Å². The Hall–Kier alpha value is -2.25. The SMILES string of the molecule is CN1CCN(c2ccc(NC(=O)c3cccc(CS(C)=O)c3)cn2)CC1. The van der Waals surface area contributed by atoms with Crippen LogP contribution in [0.4, 0.5) is 11.5 Å². The minimum absolute atomic E-state index is 0.192. The number of hydrogen-bond donors (Lipinski definition) is 1. The van der Waals surface area contributed by atoms with Gasteiger partial charge in [-0.3, -0.25) is 9.00 Å². The Bertz CT molecular complexity index is 786. The van der Waals surface area contributed by atoms with E-state index in [1.54, 1.807) is 24.6 Å². The summed E-state index contributed by atoms with van der Waals surface area (Å²) >= 11 is 0. The van der Waals surface area contributed by atoms with E-state index in [0.29, 0.717) is 17.0 Å². The standard InChI is InChI=1S/C19H24N4O2S/c1-22-8-10-23(11-9-22)18-7-6-17(13-20-18)21-19(24)16-5-3-4-15(12-16)14-26(2)25/h3-7,12-13H,8-11,14H2,1-2H3,(H,21,24). The van der Waals surface area contributed by atoms with Crippen LogP contribution in [0.25, 0.3) is 0 Å². The lowest BCUT2D eigenvalue weighted by Gasteiger charge is -2.33. The van der Waals surface area contributed by atoms with E-state index < -0.39 is 10.8 Å². The van der Waals surface area contributed by atoms with E-state index >= 15 is 0 Å². The third-order valence-corrected chi connectivity index (χ3v) is 5.13. The first kappa shape index (κ1) is 18.5. The van der Waals surface area contributed by atoms with Gasteiger partial charge in [-0.25, -0.2) is 4.98 Å². The highest BCUT2D eigenvalue weighted by Gasteiger charge is 2.15. The zero-order chi connectivity index (χ0) is 18.5. The van der Waals surface area contributed by atoms with Gasteiger partial charge in [-0.1, -0.05) is 12.1 Å². The quantitative estimate of drug-likeness (QED) is 0.869. The minimum Gasteiger partial charge on any atom is -0.354 e. The van der Waals surface area contributed by atoms with Crippen molar-refractivity contribution < 1.29 is 9.00 Å². The Morgan fingerprint density at radius 1 is 1.19 bits per heavy atom. The molecule has 2 heterocycles. The number of likely N-dealkylation sites (N-methyl/N-ethyl adjacent to an activating group) is 1. The molecule has 0 radical (unpaired) electrons. The van der Waals surface area contributed by atoms with E-state index in [1.165, 1.54) is 0 Å². The van der Waals surface area contributed by atoms with Crippen molar-refractivity contribution in [3.63, 3.8) is 0 Å². The molecule has 1 atom stereocenters. The average Bonchev–Trinajstić information content (AvgIpc) is 2.63. The maximum Gasteiger partial charge on any atom is 0.255 e. The minimum atomic E-state index is -0.933. The van der Waals surface area contributed by atoms with Gasteiger partial charge in [0.05, 0.1) is 11.9 Å². The van der Waals surface area contributed by atoms with Crippen molar-refractivity contribution in [2.75, 3.05) is 49.7 Å². The van der Waals surface area contributed by atoms with Crippen LogP contribution in [0.5, 0.6) is 0 Å². The summed E-state index contributed by atoms with van der Waals surface area (Å²) in [5.41, 5.74) is 2.11. The number of nitrogens with zero attached hydrogens (tertiary/aromatic N) is 3. The van der Waals surface area contributed by atoms with E-state index in [0.717, 1.165) is 37.6 Å². The van der Waals surface area contributed by atoms with Crippen molar-refractivity contribution >= 4 is 28.2 Å². The summed E-state index contributed by atoms with van der Waals surface area (Å²) in [6.07, 6.45) is 3.34. The van der Waals surface area contributed by atoms with Crippen molar-refractivity contribution in [3.8, 4) is 0 Å². The van der Waals surface area contributed by atoms with Crippen molar-refractivity contribution in [1.82, 2.24) is 9.88 Å². The van der Waals surface area contributed by atoms with Crippen LogP contribution in [0.1, 0.15) is 15.9 Å². The molecule has 0 spiro atoms. The predicted octanol–water partition coefficient (Wildman–Crippen LogP) is 1.96. The molecule has 1 aromatic carbocycles. The maximum atomic E-state index is 12.4. The summed E-state index contributed by atoms with van der Waals surface area (Å²) in [6.45, 7) is 3.97. The number of carbonyl (C=O) groups is 1. The number of pyridine rings is 1. The molecular formula is C19H24N4O2S. The highest BCUT2D eigenvalue weighted by atomic mass is 32.2. The molecule has 138 valence electrons. The second-order valence-electron chi connectivity index (χ2n) is 6.57. The number of anilines is 2. The number of aromatic nitrogens is 1. The van der Waals surface area contributed by atoms with E-state index in [1.807, 2.05) is 24.3 Å². The lowest BCUT2D eigenvalue weighted by Crippen LogP contribution is -2.44. The topological polar surface area (TPSA) is 65.5 Å². The molecule has 7 heteroatoms. The number of amides is 1. The van der Waals surface area contributed by atoms with Gasteiger partial charge in [-0.05, 0) is 36.9 Å². The molecule has 0 aliphatic carbocycles. The molecule has 0 saturated carbocycles.